The number of allylic oxidation sites excluding steroid dienone is 1. The lowest BCUT2D eigenvalue weighted by Gasteiger charge is -2.10. The number of rotatable bonds is 2. The molecule has 0 fully saturated rings. The lowest BCUT2D eigenvalue weighted by atomic mass is 10.1. The molecule has 0 spiro atoms. The van der Waals surface area contributed by atoms with E-state index in [9.17, 15) is 0 Å². The van der Waals surface area contributed by atoms with Gasteiger partial charge in [0.1, 0.15) is 0 Å². The van der Waals surface area contributed by atoms with Crippen molar-refractivity contribution in [3.8, 4) is 11.5 Å². The lowest BCUT2D eigenvalue weighted by Crippen LogP contribution is -1.97. The van der Waals surface area contributed by atoms with E-state index in [0.29, 0.717) is 35.6 Å². The van der Waals surface area contributed by atoms with Crippen molar-refractivity contribution < 1.29 is 9.47 Å². The first-order valence-electron chi connectivity index (χ1n) is 5.53. The predicted molar refractivity (Wildman–Crippen MR) is 71.4 cm³/mol. The molecule has 0 aliphatic carbocycles. The maximum atomic E-state index is 6.18. The van der Waals surface area contributed by atoms with Crippen LogP contribution in [0.3, 0.4) is 0 Å². The van der Waals surface area contributed by atoms with Gasteiger partial charge in [-0.1, -0.05) is 23.3 Å². The number of hydrogen-bond acceptors (Lipinski definition) is 2. The smallest absolute Gasteiger partial charge is 0.179 e. The van der Waals surface area contributed by atoms with Crippen LogP contribution in [-0.2, 0) is 0 Å². The minimum absolute atomic E-state index is 0.506. The van der Waals surface area contributed by atoms with E-state index in [1.54, 1.807) is 0 Å². The highest BCUT2D eigenvalue weighted by atomic mass is 35.5. The van der Waals surface area contributed by atoms with Crippen LogP contribution in [0.2, 0.25) is 5.02 Å². The Morgan fingerprint density at radius 3 is 2.88 bits per heavy atom. The summed E-state index contributed by atoms with van der Waals surface area (Å²) in [5.74, 6) is 1.86. The van der Waals surface area contributed by atoms with Crippen molar-refractivity contribution in [2.24, 2.45) is 0 Å². The van der Waals surface area contributed by atoms with E-state index in [4.69, 9.17) is 32.7 Å². The fourth-order valence-electron chi connectivity index (χ4n) is 1.66. The minimum atomic E-state index is 0.506. The molecule has 2 nitrogen and oxygen atoms in total. The van der Waals surface area contributed by atoms with Crippen molar-refractivity contribution >= 4 is 29.3 Å². The van der Waals surface area contributed by atoms with Crippen LogP contribution in [0.1, 0.15) is 18.9 Å². The van der Waals surface area contributed by atoms with Crippen LogP contribution in [0.15, 0.2) is 17.7 Å². The zero-order valence-corrected chi connectivity index (χ0v) is 11.1. The first-order chi connectivity index (χ1) is 8.20. The minimum Gasteiger partial charge on any atom is -0.489 e. The molecule has 1 aromatic rings. The molecular weight excluding hydrogens is 259 g/mol. The molecule has 0 unspecified atom stereocenters. The second-order valence-electron chi connectivity index (χ2n) is 4.00. The molecule has 17 heavy (non-hydrogen) atoms. The first-order valence-corrected chi connectivity index (χ1v) is 6.44. The Balaban J connectivity index is 2.38. The highest BCUT2D eigenvalue weighted by molar-refractivity contribution is 6.32. The van der Waals surface area contributed by atoms with Crippen LogP contribution < -0.4 is 9.47 Å². The second-order valence-corrected chi connectivity index (χ2v) is 4.68. The summed E-state index contributed by atoms with van der Waals surface area (Å²) in [6.45, 7) is 3.28. The molecule has 4 heteroatoms. The van der Waals surface area contributed by atoms with Crippen molar-refractivity contribution in [3.63, 3.8) is 0 Å². The molecule has 0 N–H and O–H groups in total. The molecule has 0 aromatic heterocycles. The molecular formula is C13H14Cl2O2. The zero-order valence-electron chi connectivity index (χ0n) is 9.63. The SMILES string of the molecule is CC(=Cc1cc(Cl)c2c(c1)OCCCO2)CCl. The van der Waals surface area contributed by atoms with Gasteiger partial charge in [0.25, 0.3) is 0 Å². The van der Waals surface area contributed by atoms with Gasteiger partial charge in [0, 0.05) is 12.3 Å². The van der Waals surface area contributed by atoms with Gasteiger partial charge in [-0.3, -0.25) is 0 Å². The Kier molecular flexibility index (Phi) is 4.19. The average molecular weight is 273 g/mol. The van der Waals surface area contributed by atoms with Crippen molar-refractivity contribution in [1.29, 1.82) is 0 Å². The summed E-state index contributed by atoms with van der Waals surface area (Å²) in [4.78, 5) is 0. The van der Waals surface area contributed by atoms with E-state index in [1.165, 1.54) is 0 Å². The molecule has 0 radical (unpaired) electrons. The van der Waals surface area contributed by atoms with Crippen molar-refractivity contribution in [1.82, 2.24) is 0 Å². The molecule has 0 amide bonds. The van der Waals surface area contributed by atoms with Crippen molar-refractivity contribution in [2.45, 2.75) is 13.3 Å². The number of halogens is 2. The molecule has 1 heterocycles. The fraction of sp³-hybridized carbons (Fsp3) is 0.385. The normalized spacial score (nSPS) is 15.6. The third-order valence-corrected chi connectivity index (χ3v) is 3.15. The van der Waals surface area contributed by atoms with Crippen LogP contribution in [0.25, 0.3) is 6.08 Å². The van der Waals surface area contributed by atoms with E-state index in [1.807, 2.05) is 25.1 Å². The van der Waals surface area contributed by atoms with E-state index in [2.05, 4.69) is 0 Å². The zero-order chi connectivity index (χ0) is 12.3. The van der Waals surface area contributed by atoms with Crippen molar-refractivity contribution in [3.05, 3.63) is 28.3 Å². The first kappa shape index (κ1) is 12.6. The Morgan fingerprint density at radius 1 is 1.35 bits per heavy atom. The third kappa shape index (κ3) is 3.08. The predicted octanol–water partition coefficient (Wildman–Crippen LogP) is 4.14. The van der Waals surface area contributed by atoms with Gasteiger partial charge in [0.05, 0.1) is 18.2 Å². The summed E-state index contributed by atoms with van der Waals surface area (Å²) >= 11 is 11.9. The molecule has 1 aliphatic heterocycles. The van der Waals surface area contributed by atoms with E-state index < -0.39 is 0 Å². The monoisotopic (exact) mass is 272 g/mol. The number of alkyl halides is 1. The summed E-state index contributed by atoms with van der Waals surface area (Å²) in [5.41, 5.74) is 2.06. The Hall–Kier alpha value is -0.860. The Morgan fingerprint density at radius 2 is 2.12 bits per heavy atom. The Bertz CT molecular complexity index is 441. The molecule has 0 saturated heterocycles. The van der Waals surface area contributed by atoms with Gasteiger partial charge in [0.2, 0.25) is 0 Å². The fourth-order valence-corrected chi connectivity index (χ4v) is 2.01. The van der Waals surface area contributed by atoms with Gasteiger partial charge in [0.15, 0.2) is 11.5 Å². The van der Waals surface area contributed by atoms with Gasteiger partial charge >= 0.3 is 0 Å². The second kappa shape index (κ2) is 5.65. The number of ether oxygens (including phenoxy) is 2. The third-order valence-electron chi connectivity index (χ3n) is 2.45. The molecule has 1 aliphatic rings. The van der Waals surface area contributed by atoms with E-state index >= 15 is 0 Å². The van der Waals surface area contributed by atoms with Crippen LogP contribution in [0.4, 0.5) is 0 Å². The molecule has 1 aromatic carbocycles. The molecule has 0 atom stereocenters. The number of benzene rings is 1. The summed E-state index contributed by atoms with van der Waals surface area (Å²) in [5, 5.41) is 0.582. The summed E-state index contributed by atoms with van der Waals surface area (Å²) in [6, 6.07) is 3.80. The molecule has 92 valence electrons. The highest BCUT2D eigenvalue weighted by Crippen LogP contribution is 2.38. The van der Waals surface area contributed by atoms with Gasteiger partial charge in [-0.2, -0.15) is 0 Å². The van der Waals surface area contributed by atoms with Gasteiger partial charge in [-0.15, -0.1) is 11.6 Å². The average Bonchev–Trinajstić information content (AvgIpc) is 2.54. The van der Waals surface area contributed by atoms with E-state index in [0.717, 1.165) is 17.6 Å². The standard InChI is InChI=1S/C13H14Cl2O2/c1-9(8-14)5-10-6-11(15)13-12(7-10)16-3-2-4-17-13/h5-7H,2-4,8H2,1H3. The summed E-state index contributed by atoms with van der Waals surface area (Å²) in [7, 11) is 0. The molecule has 0 saturated carbocycles. The topological polar surface area (TPSA) is 18.5 Å². The quantitative estimate of drug-likeness (QED) is 0.754. The van der Waals surface area contributed by atoms with Crippen LogP contribution in [0, 0.1) is 0 Å². The van der Waals surface area contributed by atoms with Gasteiger partial charge < -0.3 is 9.47 Å². The summed E-state index contributed by atoms with van der Waals surface area (Å²) < 4.78 is 11.2. The Labute approximate surface area is 111 Å². The number of hydrogen-bond donors (Lipinski definition) is 0. The number of fused-ring (bicyclic) bond motifs is 1. The van der Waals surface area contributed by atoms with Gasteiger partial charge in [-0.25, -0.2) is 0 Å². The highest BCUT2D eigenvalue weighted by Gasteiger charge is 2.14. The lowest BCUT2D eigenvalue weighted by molar-refractivity contribution is 0.297. The van der Waals surface area contributed by atoms with Crippen molar-refractivity contribution in [2.75, 3.05) is 19.1 Å². The molecule has 0 bridgehead atoms. The maximum Gasteiger partial charge on any atom is 0.179 e. The largest absolute Gasteiger partial charge is 0.489 e. The maximum absolute atomic E-state index is 6.18. The van der Waals surface area contributed by atoms with E-state index in [-0.39, 0.29) is 0 Å². The molecule has 2 rings (SSSR count). The van der Waals surface area contributed by atoms with Crippen LogP contribution in [0.5, 0.6) is 11.5 Å². The van der Waals surface area contributed by atoms with Crippen LogP contribution in [-0.4, -0.2) is 19.1 Å². The summed E-state index contributed by atoms with van der Waals surface area (Å²) in [6.07, 6.45) is 2.87. The van der Waals surface area contributed by atoms with Crippen LogP contribution >= 0.6 is 23.2 Å². The van der Waals surface area contributed by atoms with Gasteiger partial charge in [-0.05, 0) is 24.6 Å².